The molecule has 1 fully saturated rings. The van der Waals surface area contributed by atoms with Crippen LogP contribution in [-0.4, -0.2) is 25.0 Å². The van der Waals surface area contributed by atoms with E-state index in [2.05, 4.69) is 43.1 Å². The van der Waals surface area contributed by atoms with Crippen LogP contribution in [0.1, 0.15) is 30.4 Å². The van der Waals surface area contributed by atoms with E-state index in [-0.39, 0.29) is 0 Å². The first-order valence-electron chi connectivity index (χ1n) is 7.13. The lowest BCUT2D eigenvalue weighted by atomic mass is 9.95. The standard InChI is InChI=1S/C16H26N2/c1-13-5-3-6-14(9-13)11-18(2)12-16-8-4-7-15(16)10-17/h3,5-6,9,15-16H,4,7-8,10-12,17H2,1-2H3. The summed E-state index contributed by atoms with van der Waals surface area (Å²) in [6.45, 7) is 5.26. The Hall–Kier alpha value is -0.860. The third-order valence-electron chi connectivity index (χ3n) is 4.20. The average molecular weight is 246 g/mol. The molecule has 1 aliphatic carbocycles. The molecule has 0 aromatic heterocycles. The average Bonchev–Trinajstić information content (AvgIpc) is 2.76. The van der Waals surface area contributed by atoms with Crippen molar-refractivity contribution in [2.24, 2.45) is 17.6 Å². The van der Waals surface area contributed by atoms with Gasteiger partial charge < -0.3 is 10.6 Å². The van der Waals surface area contributed by atoms with E-state index >= 15 is 0 Å². The molecule has 1 aromatic carbocycles. The zero-order chi connectivity index (χ0) is 13.0. The lowest BCUT2D eigenvalue weighted by Gasteiger charge is -2.25. The molecule has 2 N–H and O–H groups in total. The van der Waals surface area contributed by atoms with E-state index in [1.54, 1.807) is 0 Å². The highest BCUT2D eigenvalue weighted by Crippen LogP contribution is 2.31. The highest BCUT2D eigenvalue weighted by molar-refractivity contribution is 5.22. The highest BCUT2D eigenvalue weighted by Gasteiger charge is 2.26. The minimum absolute atomic E-state index is 0.755. The maximum atomic E-state index is 5.85. The fourth-order valence-corrected chi connectivity index (χ4v) is 3.25. The van der Waals surface area contributed by atoms with Gasteiger partial charge >= 0.3 is 0 Å². The summed E-state index contributed by atoms with van der Waals surface area (Å²) in [5, 5.41) is 0. The molecule has 2 unspecified atom stereocenters. The molecule has 2 nitrogen and oxygen atoms in total. The summed E-state index contributed by atoms with van der Waals surface area (Å²) in [5.41, 5.74) is 8.62. The van der Waals surface area contributed by atoms with Crippen LogP contribution >= 0.6 is 0 Å². The second-order valence-corrected chi connectivity index (χ2v) is 5.87. The molecule has 0 bridgehead atoms. The van der Waals surface area contributed by atoms with E-state index in [1.807, 2.05) is 0 Å². The van der Waals surface area contributed by atoms with Crippen molar-refractivity contribution in [1.29, 1.82) is 0 Å². The normalized spacial score (nSPS) is 23.8. The second kappa shape index (κ2) is 6.35. The molecule has 2 heteroatoms. The monoisotopic (exact) mass is 246 g/mol. The van der Waals surface area contributed by atoms with Gasteiger partial charge in [0, 0.05) is 13.1 Å². The number of nitrogens with zero attached hydrogens (tertiary/aromatic N) is 1. The number of hydrogen-bond donors (Lipinski definition) is 1. The Morgan fingerprint density at radius 1 is 1.28 bits per heavy atom. The Morgan fingerprint density at radius 2 is 2.06 bits per heavy atom. The first-order valence-corrected chi connectivity index (χ1v) is 7.13. The fourth-order valence-electron chi connectivity index (χ4n) is 3.25. The van der Waals surface area contributed by atoms with E-state index in [0.717, 1.165) is 24.9 Å². The maximum absolute atomic E-state index is 5.85. The van der Waals surface area contributed by atoms with Gasteiger partial charge in [-0.1, -0.05) is 36.2 Å². The van der Waals surface area contributed by atoms with Gasteiger partial charge in [-0.25, -0.2) is 0 Å². The summed E-state index contributed by atoms with van der Waals surface area (Å²) in [6.07, 6.45) is 4.06. The molecule has 0 heterocycles. The van der Waals surface area contributed by atoms with Crippen LogP contribution in [0.3, 0.4) is 0 Å². The van der Waals surface area contributed by atoms with Crippen LogP contribution in [0.2, 0.25) is 0 Å². The van der Waals surface area contributed by atoms with Gasteiger partial charge in [0.25, 0.3) is 0 Å². The number of benzene rings is 1. The van der Waals surface area contributed by atoms with Crippen LogP contribution in [0, 0.1) is 18.8 Å². The van der Waals surface area contributed by atoms with Crippen LogP contribution in [0.25, 0.3) is 0 Å². The van der Waals surface area contributed by atoms with Crippen LogP contribution in [0.15, 0.2) is 24.3 Å². The largest absolute Gasteiger partial charge is 0.330 e. The van der Waals surface area contributed by atoms with Crippen LogP contribution in [0.4, 0.5) is 0 Å². The molecule has 100 valence electrons. The van der Waals surface area contributed by atoms with E-state index in [1.165, 1.54) is 36.9 Å². The summed E-state index contributed by atoms with van der Waals surface area (Å²) in [4.78, 5) is 2.45. The van der Waals surface area contributed by atoms with Crippen molar-refractivity contribution in [2.45, 2.75) is 32.7 Å². The topological polar surface area (TPSA) is 29.3 Å². The molecule has 1 aromatic rings. The quantitative estimate of drug-likeness (QED) is 0.865. The first-order chi connectivity index (χ1) is 8.69. The predicted octanol–water partition coefficient (Wildman–Crippen LogP) is 2.80. The van der Waals surface area contributed by atoms with Crippen molar-refractivity contribution in [1.82, 2.24) is 4.90 Å². The third kappa shape index (κ3) is 3.56. The van der Waals surface area contributed by atoms with Crippen molar-refractivity contribution in [3.05, 3.63) is 35.4 Å². The Bertz CT molecular complexity index is 375. The zero-order valence-corrected chi connectivity index (χ0v) is 11.7. The summed E-state index contributed by atoms with van der Waals surface area (Å²) < 4.78 is 0. The van der Waals surface area contributed by atoms with E-state index < -0.39 is 0 Å². The van der Waals surface area contributed by atoms with Crippen molar-refractivity contribution < 1.29 is 0 Å². The smallest absolute Gasteiger partial charge is 0.0230 e. The highest BCUT2D eigenvalue weighted by atomic mass is 15.1. The van der Waals surface area contributed by atoms with Crippen molar-refractivity contribution in [3.63, 3.8) is 0 Å². The van der Waals surface area contributed by atoms with Gasteiger partial charge in [0.05, 0.1) is 0 Å². The molecule has 2 atom stereocenters. The van der Waals surface area contributed by atoms with E-state index in [4.69, 9.17) is 5.73 Å². The number of rotatable bonds is 5. The van der Waals surface area contributed by atoms with E-state index in [9.17, 15) is 0 Å². The van der Waals surface area contributed by atoms with Crippen molar-refractivity contribution in [2.75, 3.05) is 20.1 Å². The molecule has 0 radical (unpaired) electrons. The molecule has 0 saturated heterocycles. The summed E-state index contributed by atoms with van der Waals surface area (Å²) in [5.74, 6) is 1.56. The summed E-state index contributed by atoms with van der Waals surface area (Å²) in [7, 11) is 2.23. The minimum atomic E-state index is 0.755. The predicted molar refractivity (Wildman–Crippen MR) is 77.4 cm³/mol. The minimum Gasteiger partial charge on any atom is -0.330 e. The Kier molecular flexibility index (Phi) is 4.79. The lowest BCUT2D eigenvalue weighted by molar-refractivity contribution is 0.237. The van der Waals surface area contributed by atoms with Crippen LogP contribution in [0.5, 0.6) is 0 Å². The van der Waals surface area contributed by atoms with Gasteiger partial charge in [0.2, 0.25) is 0 Å². The van der Waals surface area contributed by atoms with Gasteiger partial charge in [-0.2, -0.15) is 0 Å². The molecule has 2 rings (SSSR count). The molecule has 1 saturated carbocycles. The van der Waals surface area contributed by atoms with Gasteiger partial charge in [0.15, 0.2) is 0 Å². The summed E-state index contributed by atoms with van der Waals surface area (Å²) in [6, 6.07) is 8.81. The summed E-state index contributed by atoms with van der Waals surface area (Å²) >= 11 is 0. The molecular formula is C16H26N2. The van der Waals surface area contributed by atoms with Crippen LogP contribution < -0.4 is 5.73 Å². The Balaban J connectivity index is 1.86. The third-order valence-corrected chi connectivity index (χ3v) is 4.20. The van der Waals surface area contributed by atoms with Gasteiger partial charge in [-0.3, -0.25) is 0 Å². The van der Waals surface area contributed by atoms with Crippen molar-refractivity contribution >= 4 is 0 Å². The Labute approximate surface area is 111 Å². The van der Waals surface area contributed by atoms with Gasteiger partial charge in [-0.05, 0) is 50.8 Å². The number of nitrogens with two attached hydrogens (primary N) is 1. The maximum Gasteiger partial charge on any atom is 0.0230 e. The molecule has 0 spiro atoms. The van der Waals surface area contributed by atoms with Crippen LogP contribution in [-0.2, 0) is 6.54 Å². The van der Waals surface area contributed by atoms with Crippen molar-refractivity contribution in [3.8, 4) is 0 Å². The van der Waals surface area contributed by atoms with Gasteiger partial charge in [-0.15, -0.1) is 0 Å². The SMILES string of the molecule is Cc1cccc(CN(C)CC2CCCC2CN)c1. The molecule has 0 aliphatic heterocycles. The fraction of sp³-hybridized carbons (Fsp3) is 0.625. The first kappa shape index (κ1) is 13.6. The Morgan fingerprint density at radius 3 is 2.78 bits per heavy atom. The molecule has 1 aliphatic rings. The number of aryl methyl sites for hydroxylation is 1. The second-order valence-electron chi connectivity index (χ2n) is 5.87. The zero-order valence-electron chi connectivity index (χ0n) is 11.7. The number of hydrogen-bond acceptors (Lipinski definition) is 2. The van der Waals surface area contributed by atoms with E-state index in [0.29, 0.717) is 0 Å². The lowest BCUT2D eigenvalue weighted by Crippen LogP contribution is -2.30. The van der Waals surface area contributed by atoms with Gasteiger partial charge in [0.1, 0.15) is 0 Å². The molecule has 0 amide bonds. The molecular weight excluding hydrogens is 220 g/mol. The molecule has 18 heavy (non-hydrogen) atoms.